The molecule has 4 rings (SSSR count). The smallest absolute Gasteiger partial charge is 0.360 e. The molecule has 1 aliphatic rings. The Morgan fingerprint density at radius 1 is 1.10 bits per heavy atom. The summed E-state index contributed by atoms with van der Waals surface area (Å²) < 4.78 is 5.49. The Kier molecular flexibility index (Phi) is 5.35. The average Bonchev–Trinajstić information content (AvgIpc) is 2.74. The van der Waals surface area contributed by atoms with Crippen LogP contribution in [0.5, 0.6) is 0 Å². The summed E-state index contributed by atoms with van der Waals surface area (Å²) in [5, 5.41) is 14.8. The summed E-state index contributed by atoms with van der Waals surface area (Å²) in [7, 11) is 0. The first-order valence-corrected chi connectivity index (χ1v) is 9.33. The third-order valence-corrected chi connectivity index (χ3v) is 4.57. The summed E-state index contributed by atoms with van der Waals surface area (Å²) in [4.78, 5) is 24.8. The number of aryl methyl sites for hydroxylation is 1. The molecule has 8 nitrogen and oxygen atoms in total. The van der Waals surface area contributed by atoms with Crippen molar-refractivity contribution in [2.45, 2.75) is 19.3 Å². The fraction of sp³-hybridized carbons (Fsp3) is 0.150. The van der Waals surface area contributed by atoms with Crippen LogP contribution in [0.3, 0.4) is 0 Å². The zero-order valence-electron chi connectivity index (χ0n) is 15.2. The molecular formula is C20H16ClN5O3. The maximum atomic E-state index is 12.4. The lowest BCUT2D eigenvalue weighted by Gasteiger charge is -2.17. The standard InChI is InChI=1S/C20H16ClN5O3/c21-16-9-10-17(26-24-16)25-23-14-8-4-7-13-11-15(20(28)29-18(13)14)22-19(27)12-5-2-1-3-6-12/h1-3,5-6,9-11H,4,7-8H2,(H,22,27)(H,25,26)/b23-14-. The van der Waals surface area contributed by atoms with E-state index < -0.39 is 5.63 Å². The van der Waals surface area contributed by atoms with Gasteiger partial charge in [-0.3, -0.25) is 10.2 Å². The summed E-state index contributed by atoms with van der Waals surface area (Å²) in [5.74, 6) is 0.460. The SMILES string of the molecule is O=C(Nc1cc2c(oc1=O)/C(=N\Nc1ccc(Cl)nn1)CCC2)c1ccccc1. The molecule has 0 unspecified atom stereocenters. The van der Waals surface area contributed by atoms with Crippen molar-refractivity contribution in [3.63, 3.8) is 0 Å². The molecule has 1 aromatic carbocycles. The van der Waals surface area contributed by atoms with Gasteiger partial charge in [0.15, 0.2) is 16.7 Å². The van der Waals surface area contributed by atoms with E-state index in [1.807, 2.05) is 6.07 Å². The van der Waals surface area contributed by atoms with E-state index in [9.17, 15) is 9.59 Å². The Morgan fingerprint density at radius 2 is 1.93 bits per heavy atom. The fourth-order valence-electron chi connectivity index (χ4n) is 2.98. The van der Waals surface area contributed by atoms with Crippen LogP contribution < -0.4 is 16.4 Å². The van der Waals surface area contributed by atoms with Crippen molar-refractivity contribution in [1.82, 2.24) is 10.2 Å². The van der Waals surface area contributed by atoms with E-state index in [2.05, 4.69) is 26.0 Å². The average molecular weight is 410 g/mol. The van der Waals surface area contributed by atoms with Crippen LogP contribution >= 0.6 is 11.6 Å². The molecule has 0 spiro atoms. The molecule has 0 fully saturated rings. The van der Waals surface area contributed by atoms with Crippen molar-refractivity contribution >= 4 is 34.7 Å². The van der Waals surface area contributed by atoms with E-state index in [1.165, 1.54) is 0 Å². The van der Waals surface area contributed by atoms with Gasteiger partial charge in [0.1, 0.15) is 11.4 Å². The van der Waals surface area contributed by atoms with Crippen molar-refractivity contribution in [3.8, 4) is 0 Å². The lowest BCUT2D eigenvalue weighted by molar-refractivity contribution is 0.102. The molecular weight excluding hydrogens is 394 g/mol. The minimum absolute atomic E-state index is 0.107. The van der Waals surface area contributed by atoms with Gasteiger partial charge in [0.2, 0.25) is 0 Å². The molecule has 146 valence electrons. The molecule has 0 radical (unpaired) electrons. The number of benzene rings is 1. The molecule has 1 aliphatic carbocycles. The van der Waals surface area contributed by atoms with Crippen LogP contribution in [-0.4, -0.2) is 21.8 Å². The lowest BCUT2D eigenvalue weighted by Crippen LogP contribution is -2.22. The highest BCUT2D eigenvalue weighted by Gasteiger charge is 2.22. The van der Waals surface area contributed by atoms with E-state index in [4.69, 9.17) is 16.0 Å². The molecule has 1 amide bonds. The predicted molar refractivity (Wildman–Crippen MR) is 110 cm³/mol. The number of halogens is 1. The first kappa shape index (κ1) is 18.8. The number of amides is 1. The maximum absolute atomic E-state index is 12.4. The number of fused-ring (bicyclic) bond motifs is 1. The van der Waals surface area contributed by atoms with Gasteiger partial charge in [-0.25, -0.2) is 4.79 Å². The number of nitrogens with zero attached hydrogens (tertiary/aromatic N) is 3. The summed E-state index contributed by atoms with van der Waals surface area (Å²) in [6, 6.07) is 13.6. The van der Waals surface area contributed by atoms with Crippen LogP contribution in [-0.2, 0) is 6.42 Å². The second-order valence-electron chi connectivity index (χ2n) is 6.39. The molecule has 2 aromatic heterocycles. The number of carbonyl (C=O) groups excluding carboxylic acids is 1. The van der Waals surface area contributed by atoms with Gasteiger partial charge in [-0.2, -0.15) is 5.10 Å². The van der Waals surface area contributed by atoms with Crippen LogP contribution in [0.15, 0.2) is 62.8 Å². The minimum Gasteiger partial charge on any atom is -0.420 e. The van der Waals surface area contributed by atoms with Crippen LogP contribution in [0.2, 0.25) is 5.15 Å². The second-order valence-corrected chi connectivity index (χ2v) is 6.77. The van der Waals surface area contributed by atoms with E-state index >= 15 is 0 Å². The molecule has 2 heterocycles. The zero-order valence-corrected chi connectivity index (χ0v) is 15.9. The molecule has 0 saturated heterocycles. The van der Waals surface area contributed by atoms with E-state index in [-0.39, 0.29) is 16.7 Å². The number of hydrogen-bond donors (Lipinski definition) is 2. The molecule has 29 heavy (non-hydrogen) atoms. The van der Waals surface area contributed by atoms with E-state index in [0.29, 0.717) is 35.7 Å². The number of hydrazone groups is 1. The molecule has 0 aliphatic heterocycles. The largest absolute Gasteiger partial charge is 0.420 e. The highest BCUT2D eigenvalue weighted by Crippen LogP contribution is 2.23. The topological polar surface area (TPSA) is 109 Å². The van der Waals surface area contributed by atoms with Crippen molar-refractivity contribution in [2.75, 3.05) is 10.7 Å². The predicted octanol–water partition coefficient (Wildman–Crippen LogP) is 3.49. The van der Waals surface area contributed by atoms with Gasteiger partial charge in [-0.05, 0) is 55.2 Å². The number of nitrogens with one attached hydrogen (secondary N) is 2. The third kappa shape index (κ3) is 4.33. The van der Waals surface area contributed by atoms with Crippen molar-refractivity contribution in [2.24, 2.45) is 5.10 Å². The third-order valence-electron chi connectivity index (χ3n) is 4.37. The lowest BCUT2D eigenvalue weighted by atomic mass is 9.95. The number of rotatable bonds is 4. The van der Waals surface area contributed by atoms with E-state index in [1.54, 1.807) is 42.5 Å². The van der Waals surface area contributed by atoms with Gasteiger partial charge in [-0.1, -0.05) is 29.8 Å². The summed E-state index contributed by atoms with van der Waals surface area (Å²) >= 11 is 5.72. The fourth-order valence-corrected chi connectivity index (χ4v) is 3.08. The molecule has 2 N–H and O–H groups in total. The highest BCUT2D eigenvalue weighted by atomic mass is 35.5. The Bertz CT molecular complexity index is 1130. The minimum atomic E-state index is -0.631. The number of carbonyl (C=O) groups is 1. The molecule has 3 aromatic rings. The highest BCUT2D eigenvalue weighted by molar-refractivity contribution is 6.29. The van der Waals surface area contributed by atoms with Crippen LogP contribution in [0.25, 0.3) is 0 Å². The maximum Gasteiger partial charge on any atom is 0.360 e. The Labute approximate surface area is 170 Å². The number of anilines is 2. The summed E-state index contributed by atoms with van der Waals surface area (Å²) in [6.45, 7) is 0. The van der Waals surface area contributed by atoms with Gasteiger partial charge < -0.3 is 9.73 Å². The summed E-state index contributed by atoms with van der Waals surface area (Å²) in [5.41, 5.74) is 4.13. The molecule has 9 heteroatoms. The van der Waals surface area contributed by atoms with Gasteiger partial charge in [-0.15, -0.1) is 10.2 Å². The second kappa shape index (κ2) is 8.24. The van der Waals surface area contributed by atoms with Crippen molar-refractivity contribution in [3.05, 3.63) is 81.0 Å². The van der Waals surface area contributed by atoms with Gasteiger partial charge in [0.25, 0.3) is 5.91 Å². The number of hydrogen-bond acceptors (Lipinski definition) is 7. The van der Waals surface area contributed by atoms with Gasteiger partial charge in [0, 0.05) is 5.56 Å². The van der Waals surface area contributed by atoms with Crippen LogP contribution in [0.4, 0.5) is 11.5 Å². The Morgan fingerprint density at radius 3 is 2.69 bits per heavy atom. The summed E-state index contributed by atoms with van der Waals surface area (Å²) in [6.07, 6.45) is 2.19. The zero-order chi connectivity index (χ0) is 20.2. The Hall–Kier alpha value is -3.52. The van der Waals surface area contributed by atoms with Crippen LogP contribution in [0.1, 0.15) is 34.5 Å². The normalized spacial score (nSPS) is 14.3. The van der Waals surface area contributed by atoms with Crippen LogP contribution in [0, 0.1) is 0 Å². The molecule has 0 bridgehead atoms. The molecule has 0 atom stereocenters. The van der Waals surface area contributed by atoms with Gasteiger partial charge >= 0.3 is 5.63 Å². The van der Waals surface area contributed by atoms with Crippen molar-refractivity contribution < 1.29 is 9.21 Å². The quantitative estimate of drug-likeness (QED) is 0.638. The number of aromatic nitrogens is 2. The first-order valence-electron chi connectivity index (χ1n) is 8.96. The van der Waals surface area contributed by atoms with Gasteiger partial charge in [0.05, 0.1) is 0 Å². The first-order chi connectivity index (χ1) is 14.1. The van der Waals surface area contributed by atoms with Crippen molar-refractivity contribution in [1.29, 1.82) is 0 Å². The monoisotopic (exact) mass is 409 g/mol. The Balaban J connectivity index is 1.58. The molecule has 0 saturated carbocycles. The van der Waals surface area contributed by atoms with E-state index in [0.717, 1.165) is 12.0 Å².